The van der Waals surface area contributed by atoms with Crippen LogP contribution in [0.2, 0.25) is 0 Å². The van der Waals surface area contributed by atoms with E-state index in [2.05, 4.69) is 12.2 Å². The summed E-state index contributed by atoms with van der Waals surface area (Å²) in [5.74, 6) is 0. The fourth-order valence-corrected chi connectivity index (χ4v) is 2.52. The molecule has 24 heavy (non-hydrogen) atoms. The zero-order valence-electron chi connectivity index (χ0n) is 15.0. The number of hydrogen-bond donors (Lipinski definition) is 1. The van der Waals surface area contributed by atoms with Crippen LogP contribution >= 0.6 is 0 Å². The SMILES string of the molecule is CCCCOCc1ccc(S(C)(=O)=O)cc1NC(=O)OC(C)(C)C. The Morgan fingerprint density at radius 1 is 1.25 bits per heavy atom. The number of carbonyl (C=O) groups excluding carboxylic acids is 1. The standard InChI is InChI=1S/C17H27NO5S/c1-6-7-10-22-12-13-8-9-14(24(5,20)21)11-15(13)18-16(19)23-17(2,3)4/h8-9,11H,6-7,10,12H2,1-5H3,(H,18,19). The van der Waals surface area contributed by atoms with Crippen molar-refractivity contribution in [3.8, 4) is 0 Å². The number of ether oxygens (including phenoxy) is 2. The van der Waals surface area contributed by atoms with Crippen LogP contribution in [0.25, 0.3) is 0 Å². The van der Waals surface area contributed by atoms with E-state index in [4.69, 9.17) is 9.47 Å². The monoisotopic (exact) mass is 357 g/mol. The summed E-state index contributed by atoms with van der Waals surface area (Å²) < 4.78 is 34.3. The highest BCUT2D eigenvalue weighted by atomic mass is 32.2. The van der Waals surface area contributed by atoms with Gasteiger partial charge in [-0.25, -0.2) is 13.2 Å². The number of benzene rings is 1. The largest absolute Gasteiger partial charge is 0.444 e. The molecule has 6 nitrogen and oxygen atoms in total. The summed E-state index contributed by atoms with van der Waals surface area (Å²) in [5.41, 5.74) is 0.434. The first-order valence-corrected chi connectivity index (χ1v) is 9.83. The predicted octanol–water partition coefficient (Wildman–Crippen LogP) is 3.75. The molecule has 1 rings (SSSR count). The second-order valence-corrected chi connectivity index (χ2v) is 8.64. The number of unbranched alkanes of at least 4 members (excludes halogenated alkanes) is 1. The third-order valence-electron chi connectivity index (χ3n) is 3.04. The van der Waals surface area contributed by atoms with Crippen molar-refractivity contribution < 1.29 is 22.7 Å². The van der Waals surface area contributed by atoms with Gasteiger partial charge in [0, 0.05) is 18.4 Å². The Balaban J connectivity index is 2.99. The molecule has 0 unspecified atom stereocenters. The van der Waals surface area contributed by atoms with Gasteiger partial charge >= 0.3 is 6.09 Å². The summed E-state index contributed by atoms with van der Waals surface area (Å²) in [6.45, 7) is 8.24. The molecule has 0 aromatic heterocycles. The maximum absolute atomic E-state index is 12.0. The molecule has 0 aliphatic heterocycles. The smallest absolute Gasteiger partial charge is 0.412 e. The fourth-order valence-electron chi connectivity index (χ4n) is 1.87. The lowest BCUT2D eigenvalue weighted by Crippen LogP contribution is -2.27. The van der Waals surface area contributed by atoms with Gasteiger partial charge in [-0.15, -0.1) is 0 Å². The molecule has 0 bridgehead atoms. The molecule has 7 heteroatoms. The molecule has 0 saturated carbocycles. The van der Waals surface area contributed by atoms with Crippen LogP contribution in [0.5, 0.6) is 0 Å². The van der Waals surface area contributed by atoms with E-state index in [1.165, 1.54) is 12.1 Å². The first kappa shape index (κ1) is 20.4. The minimum Gasteiger partial charge on any atom is -0.444 e. The highest BCUT2D eigenvalue weighted by molar-refractivity contribution is 7.90. The van der Waals surface area contributed by atoms with Crippen LogP contribution in [0.3, 0.4) is 0 Å². The first-order chi connectivity index (χ1) is 11.0. The lowest BCUT2D eigenvalue weighted by atomic mass is 10.2. The van der Waals surface area contributed by atoms with E-state index >= 15 is 0 Å². The van der Waals surface area contributed by atoms with Crippen molar-refractivity contribution in [2.45, 2.75) is 57.6 Å². The average molecular weight is 357 g/mol. The van der Waals surface area contributed by atoms with Crippen LogP contribution in [-0.4, -0.2) is 33.0 Å². The van der Waals surface area contributed by atoms with Crippen molar-refractivity contribution in [2.75, 3.05) is 18.2 Å². The molecule has 0 heterocycles. The molecule has 0 radical (unpaired) electrons. The second kappa shape index (κ2) is 8.48. The van der Waals surface area contributed by atoms with Crippen molar-refractivity contribution >= 4 is 21.6 Å². The Labute approximate surface area is 144 Å². The van der Waals surface area contributed by atoms with Gasteiger partial charge in [-0.2, -0.15) is 0 Å². The molecule has 0 aliphatic rings. The summed E-state index contributed by atoms with van der Waals surface area (Å²) in [6.07, 6.45) is 2.45. The van der Waals surface area contributed by atoms with E-state index in [0.29, 0.717) is 17.9 Å². The summed E-state index contributed by atoms with van der Waals surface area (Å²) >= 11 is 0. The van der Waals surface area contributed by atoms with E-state index in [9.17, 15) is 13.2 Å². The van der Waals surface area contributed by atoms with Crippen LogP contribution in [-0.2, 0) is 25.9 Å². The summed E-state index contributed by atoms with van der Waals surface area (Å²) in [6, 6.07) is 4.58. The molecular weight excluding hydrogens is 330 g/mol. The van der Waals surface area contributed by atoms with Crippen LogP contribution in [0.1, 0.15) is 46.1 Å². The van der Waals surface area contributed by atoms with Crippen LogP contribution in [0, 0.1) is 0 Å². The topological polar surface area (TPSA) is 81.7 Å². The minimum absolute atomic E-state index is 0.130. The van der Waals surface area contributed by atoms with Gasteiger partial charge < -0.3 is 9.47 Å². The maximum atomic E-state index is 12.0. The highest BCUT2D eigenvalue weighted by Gasteiger charge is 2.18. The highest BCUT2D eigenvalue weighted by Crippen LogP contribution is 2.23. The van der Waals surface area contributed by atoms with Crippen molar-refractivity contribution in [1.82, 2.24) is 0 Å². The Morgan fingerprint density at radius 3 is 2.46 bits per heavy atom. The van der Waals surface area contributed by atoms with E-state index < -0.39 is 21.5 Å². The Bertz CT molecular complexity index is 662. The molecule has 0 fully saturated rings. The van der Waals surface area contributed by atoms with Gasteiger partial charge in [0.1, 0.15) is 5.60 Å². The molecule has 0 saturated heterocycles. The van der Waals surface area contributed by atoms with Crippen LogP contribution in [0.4, 0.5) is 10.5 Å². The van der Waals surface area contributed by atoms with E-state index in [0.717, 1.165) is 19.1 Å². The summed E-state index contributed by atoms with van der Waals surface area (Å²) in [7, 11) is -3.38. The number of nitrogens with one attached hydrogen (secondary N) is 1. The Hall–Kier alpha value is -1.60. The van der Waals surface area contributed by atoms with Gasteiger partial charge in [-0.1, -0.05) is 19.4 Å². The van der Waals surface area contributed by atoms with Crippen LogP contribution < -0.4 is 5.32 Å². The molecule has 1 aromatic rings. The predicted molar refractivity (Wildman–Crippen MR) is 94.0 cm³/mol. The van der Waals surface area contributed by atoms with Crippen molar-refractivity contribution in [1.29, 1.82) is 0 Å². The van der Waals surface area contributed by atoms with Crippen molar-refractivity contribution in [3.63, 3.8) is 0 Å². The minimum atomic E-state index is -3.38. The molecule has 1 N–H and O–H groups in total. The van der Waals surface area contributed by atoms with Gasteiger partial charge in [-0.05, 0) is 39.3 Å². The fraction of sp³-hybridized carbons (Fsp3) is 0.588. The van der Waals surface area contributed by atoms with Crippen molar-refractivity contribution in [3.05, 3.63) is 23.8 Å². The number of sulfone groups is 1. The van der Waals surface area contributed by atoms with Gasteiger partial charge in [-0.3, -0.25) is 5.32 Å². The number of rotatable bonds is 7. The molecule has 0 aliphatic carbocycles. The van der Waals surface area contributed by atoms with Gasteiger partial charge in [0.05, 0.1) is 17.2 Å². The maximum Gasteiger partial charge on any atom is 0.412 e. The van der Waals surface area contributed by atoms with Crippen molar-refractivity contribution in [2.24, 2.45) is 0 Å². The number of anilines is 1. The number of hydrogen-bond acceptors (Lipinski definition) is 5. The Kier molecular flexibility index (Phi) is 7.23. The summed E-state index contributed by atoms with van der Waals surface area (Å²) in [4.78, 5) is 12.1. The molecular formula is C17H27NO5S. The number of carbonyl (C=O) groups is 1. The first-order valence-electron chi connectivity index (χ1n) is 7.93. The van der Waals surface area contributed by atoms with Gasteiger partial charge in [0.2, 0.25) is 0 Å². The van der Waals surface area contributed by atoms with E-state index in [1.807, 2.05) is 0 Å². The summed E-state index contributed by atoms with van der Waals surface area (Å²) in [5, 5.41) is 2.61. The number of amides is 1. The molecule has 1 amide bonds. The zero-order chi connectivity index (χ0) is 18.4. The van der Waals surface area contributed by atoms with Gasteiger partial charge in [0.25, 0.3) is 0 Å². The average Bonchev–Trinajstić information content (AvgIpc) is 2.41. The lowest BCUT2D eigenvalue weighted by molar-refractivity contribution is 0.0635. The molecule has 1 aromatic carbocycles. The van der Waals surface area contributed by atoms with Crippen LogP contribution in [0.15, 0.2) is 23.1 Å². The quantitative estimate of drug-likeness (QED) is 0.752. The molecule has 136 valence electrons. The van der Waals surface area contributed by atoms with E-state index in [1.54, 1.807) is 26.8 Å². The molecule has 0 atom stereocenters. The molecule has 0 spiro atoms. The Morgan fingerprint density at radius 2 is 1.92 bits per heavy atom. The van der Waals surface area contributed by atoms with Gasteiger partial charge in [0.15, 0.2) is 9.84 Å². The third kappa shape index (κ3) is 7.31. The lowest BCUT2D eigenvalue weighted by Gasteiger charge is -2.20. The normalized spacial score (nSPS) is 12.0. The zero-order valence-corrected chi connectivity index (χ0v) is 15.8. The second-order valence-electron chi connectivity index (χ2n) is 6.62. The van der Waals surface area contributed by atoms with E-state index in [-0.39, 0.29) is 11.5 Å². The third-order valence-corrected chi connectivity index (χ3v) is 4.16.